The molecule has 1 aliphatic heterocycles. The number of hydrogen-bond donors (Lipinski definition) is 2. The van der Waals surface area contributed by atoms with Crippen molar-refractivity contribution in [2.45, 2.75) is 13.3 Å². The van der Waals surface area contributed by atoms with Gasteiger partial charge in [0.05, 0.1) is 12.3 Å². The molecule has 0 unspecified atom stereocenters. The van der Waals surface area contributed by atoms with E-state index >= 15 is 0 Å². The van der Waals surface area contributed by atoms with Gasteiger partial charge >= 0.3 is 0 Å². The molecule has 0 aliphatic carbocycles. The lowest BCUT2D eigenvalue weighted by Gasteiger charge is -2.14. The Kier molecular flexibility index (Phi) is 4.95. The second-order valence-electron chi connectivity index (χ2n) is 4.15. The van der Waals surface area contributed by atoms with Gasteiger partial charge in [0.2, 0.25) is 10.0 Å². The van der Waals surface area contributed by atoms with Crippen LogP contribution in [0.15, 0.2) is 17.1 Å². The SMILES string of the molecule is C=C(C)CN=C(N)NCCN1CCCS1(=O)=O. The van der Waals surface area contributed by atoms with E-state index in [2.05, 4.69) is 16.9 Å². The van der Waals surface area contributed by atoms with E-state index in [0.717, 1.165) is 5.57 Å². The van der Waals surface area contributed by atoms with E-state index in [4.69, 9.17) is 5.73 Å². The molecule has 1 rings (SSSR count). The molecule has 0 radical (unpaired) electrons. The summed E-state index contributed by atoms with van der Waals surface area (Å²) in [4.78, 5) is 4.04. The van der Waals surface area contributed by atoms with Gasteiger partial charge in [0, 0.05) is 19.6 Å². The summed E-state index contributed by atoms with van der Waals surface area (Å²) in [5, 5.41) is 2.88. The zero-order valence-electron chi connectivity index (χ0n) is 10.1. The van der Waals surface area contributed by atoms with Gasteiger partial charge in [-0.2, -0.15) is 0 Å². The average molecular weight is 260 g/mol. The molecule has 1 heterocycles. The van der Waals surface area contributed by atoms with Crippen molar-refractivity contribution >= 4 is 16.0 Å². The first-order valence-electron chi connectivity index (χ1n) is 5.58. The van der Waals surface area contributed by atoms with Crippen LogP contribution in [-0.2, 0) is 10.0 Å². The third kappa shape index (κ3) is 4.74. The molecule has 6 nitrogen and oxygen atoms in total. The third-order valence-corrected chi connectivity index (χ3v) is 4.35. The van der Waals surface area contributed by atoms with Crippen molar-refractivity contribution in [3.05, 3.63) is 12.2 Å². The molecule has 17 heavy (non-hydrogen) atoms. The number of hydrogen-bond acceptors (Lipinski definition) is 3. The van der Waals surface area contributed by atoms with Crippen molar-refractivity contribution in [1.29, 1.82) is 0 Å². The Morgan fingerprint density at radius 2 is 2.29 bits per heavy atom. The molecule has 0 atom stereocenters. The van der Waals surface area contributed by atoms with Crippen molar-refractivity contribution in [2.75, 3.05) is 31.9 Å². The minimum Gasteiger partial charge on any atom is -0.370 e. The summed E-state index contributed by atoms with van der Waals surface area (Å²) in [5.41, 5.74) is 6.53. The summed E-state index contributed by atoms with van der Waals surface area (Å²) < 4.78 is 24.4. The molecule has 0 amide bonds. The first-order chi connectivity index (χ1) is 7.92. The summed E-state index contributed by atoms with van der Waals surface area (Å²) in [6, 6.07) is 0. The fourth-order valence-electron chi connectivity index (χ4n) is 1.53. The zero-order valence-corrected chi connectivity index (χ0v) is 11.0. The van der Waals surface area contributed by atoms with Crippen LogP contribution < -0.4 is 11.1 Å². The van der Waals surface area contributed by atoms with Gasteiger partial charge in [-0.05, 0) is 13.3 Å². The maximum atomic E-state index is 11.5. The van der Waals surface area contributed by atoms with Crippen LogP contribution in [0.1, 0.15) is 13.3 Å². The number of sulfonamides is 1. The van der Waals surface area contributed by atoms with Gasteiger partial charge in [-0.1, -0.05) is 12.2 Å². The van der Waals surface area contributed by atoms with Crippen LogP contribution >= 0.6 is 0 Å². The van der Waals surface area contributed by atoms with Crippen LogP contribution in [0.3, 0.4) is 0 Å². The second-order valence-corrected chi connectivity index (χ2v) is 6.24. The highest BCUT2D eigenvalue weighted by Gasteiger charge is 2.27. The number of nitrogens with two attached hydrogens (primary N) is 1. The Morgan fingerprint density at radius 1 is 1.59 bits per heavy atom. The van der Waals surface area contributed by atoms with E-state index in [-0.39, 0.29) is 5.75 Å². The van der Waals surface area contributed by atoms with Crippen LogP contribution in [0.4, 0.5) is 0 Å². The zero-order chi connectivity index (χ0) is 12.9. The highest BCUT2D eigenvalue weighted by molar-refractivity contribution is 7.89. The van der Waals surface area contributed by atoms with Crippen molar-refractivity contribution in [3.8, 4) is 0 Å². The standard InChI is InChI=1S/C10H20N4O2S/c1-9(2)8-13-10(11)12-4-6-14-5-3-7-17(14,15)16/h1,3-8H2,2H3,(H3,11,12,13). The Morgan fingerprint density at radius 3 is 2.82 bits per heavy atom. The highest BCUT2D eigenvalue weighted by atomic mass is 32.2. The molecule has 7 heteroatoms. The largest absolute Gasteiger partial charge is 0.370 e. The molecule has 3 N–H and O–H groups in total. The monoisotopic (exact) mass is 260 g/mol. The summed E-state index contributed by atoms with van der Waals surface area (Å²) in [5.74, 6) is 0.580. The quantitative estimate of drug-likeness (QED) is 0.396. The van der Waals surface area contributed by atoms with Gasteiger partial charge in [0.15, 0.2) is 5.96 Å². The Hall–Kier alpha value is -1.08. The summed E-state index contributed by atoms with van der Waals surface area (Å²) >= 11 is 0. The van der Waals surface area contributed by atoms with Crippen LogP contribution in [0.2, 0.25) is 0 Å². The molecular formula is C10H20N4O2S. The average Bonchev–Trinajstić information content (AvgIpc) is 2.55. The van der Waals surface area contributed by atoms with Crippen molar-refractivity contribution < 1.29 is 8.42 Å². The molecule has 0 spiro atoms. The van der Waals surface area contributed by atoms with E-state index in [1.807, 2.05) is 6.92 Å². The molecular weight excluding hydrogens is 240 g/mol. The van der Waals surface area contributed by atoms with E-state index in [9.17, 15) is 8.42 Å². The number of nitrogens with one attached hydrogen (secondary N) is 1. The van der Waals surface area contributed by atoms with Gasteiger partial charge in [0.1, 0.15) is 0 Å². The van der Waals surface area contributed by atoms with Crippen molar-refractivity contribution in [2.24, 2.45) is 10.7 Å². The van der Waals surface area contributed by atoms with Gasteiger partial charge in [-0.25, -0.2) is 17.7 Å². The molecule has 1 fully saturated rings. The molecule has 1 saturated heterocycles. The number of rotatable bonds is 5. The molecule has 0 bridgehead atoms. The van der Waals surface area contributed by atoms with Gasteiger partial charge < -0.3 is 11.1 Å². The fraction of sp³-hybridized carbons (Fsp3) is 0.700. The first kappa shape index (κ1) is 14.0. The van der Waals surface area contributed by atoms with Crippen LogP contribution in [0.5, 0.6) is 0 Å². The number of aliphatic imine (C=N–C) groups is 1. The summed E-state index contributed by atoms with van der Waals surface area (Å²) in [6.45, 7) is 7.58. The number of nitrogens with zero attached hydrogens (tertiary/aromatic N) is 2. The summed E-state index contributed by atoms with van der Waals surface area (Å²) in [7, 11) is -3.01. The Balaban J connectivity index is 2.28. The molecule has 0 aromatic heterocycles. The minimum absolute atomic E-state index is 0.256. The summed E-state index contributed by atoms with van der Waals surface area (Å²) in [6.07, 6.45) is 0.710. The van der Waals surface area contributed by atoms with E-state index in [1.165, 1.54) is 4.31 Å². The molecule has 1 aliphatic rings. The van der Waals surface area contributed by atoms with Crippen molar-refractivity contribution in [1.82, 2.24) is 9.62 Å². The molecule has 0 aromatic carbocycles. The molecule has 0 aromatic rings. The third-order valence-electron chi connectivity index (χ3n) is 2.39. The van der Waals surface area contributed by atoms with Gasteiger partial charge in [-0.3, -0.25) is 0 Å². The minimum atomic E-state index is -3.01. The van der Waals surface area contributed by atoms with Crippen LogP contribution in [0, 0.1) is 0 Å². The predicted octanol–water partition coefficient (Wildman–Crippen LogP) is -0.498. The predicted molar refractivity (Wildman–Crippen MR) is 69.3 cm³/mol. The van der Waals surface area contributed by atoms with Crippen LogP contribution in [0.25, 0.3) is 0 Å². The van der Waals surface area contributed by atoms with E-state index in [0.29, 0.717) is 38.6 Å². The lowest BCUT2D eigenvalue weighted by molar-refractivity contribution is 0.445. The Labute approximate surface area is 103 Å². The Bertz CT molecular complexity index is 403. The van der Waals surface area contributed by atoms with E-state index in [1.54, 1.807) is 0 Å². The maximum absolute atomic E-state index is 11.5. The van der Waals surface area contributed by atoms with E-state index < -0.39 is 10.0 Å². The molecule has 0 saturated carbocycles. The smallest absolute Gasteiger partial charge is 0.214 e. The topological polar surface area (TPSA) is 87.8 Å². The number of guanidine groups is 1. The second kappa shape index (κ2) is 6.02. The lowest BCUT2D eigenvalue weighted by Crippen LogP contribution is -2.39. The first-order valence-corrected chi connectivity index (χ1v) is 7.19. The lowest BCUT2D eigenvalue weighted by atomic mass is 10.4. The maximum Gasteiger partial charge on any atom is 0.214 e. The highest BCUT2D eigenvalue weighted by Crippen LogP contribution is 2.11. The molecule has 98 valence electrons. The fourth-order valence-corrected chi connectivity index (χ4v) is 3.06. The normalized spacial score (nSPS) is 20.4. The van der Waals surface area contributed by atoms with Crippen LogP contribution in [-0.4, -0.2) is 50.6 Å². The van der Waals surface area contributed by atoms with Crippen molar-refractivity contribution in [3.63, 3.8) is 0 Å². The van der Waals surface area contributed by atoms with Gasteiger partial charge in [-0.15, -0.1) is 0 Å². The van der Waals surface area contributed by atoms with Gasteiger partial charge in [0.25, 0.3) is 0 Å².